The van der Waals surface area contributed by atoms with Crippen LogP contribution in [-0.2, 0) is 4.74 Å². The van der Waals surface area contributed by atoms with Gasteiger partial charge >= 0.3 is 0 Å². The van der Waals surface area contributed by atoms with Crippen molar-refractivity contribution in [3.63, 3.8) is 0 Å². The smallest absolute Gasteiger partial charge is 0.156 e. The summed E-state index contributed by atoms with van der Waals surface area (Å²) < 4.78 is 7.04. The van der Waals surface area contributed by atoms with Gasteiger partial charge in [0.15, 0.2) is 5.65 Å². The molecule has 0 aliphatic carbocycles. The van der Waals surface area contributed by atoms with Crippen LogP contribution in [0.25, 0.3) is 11.3 Å². The molecule has 2 N–H and O–H groups in total. The van der Waals surface area contributed by atoms with Crippen LogP contribution in [0, 0.1) is 0 Å². The molecule has 1 aliphatic heterocycles. The molecular formula is C16H22N6O. The van der Waals surface area contributed by atoms with Gasteiger partial charge in [-0.3, -0.25) is 4.90 Å². The van der Waals surface area contributed by atoms with Gasteiger partial charge in [0.05, 0.1) is 25.1 Å². The van der Waals surface area contributed by atoms with Crippen LogP contribution in [0.4, 0.5) is 5.82 Å². The number of hydrogen-bond acceptors (Lipinski definition) is 6. The van der Waals surface area contributed by atoms with Gasteiger partial charge in [0.25, 0.3) is 0 Å². The first-order valence-corrected chi connectivity index (χ1v) is 7.68. The number of hydrogen-bond donors (Lipinski definition) is 1. The van der Waals surface area contributed by atoms with E-state index < -0.39 is 0 Å². The van der Waals surface area contributed by atoms with Crippen LogP contribution in [0.1, 0.15) is 5.69 Å². The molecule has 0 radical (unpaired) electrons. The Kier molecular flexibility index (Phi) is 4.59. The third-order valence-corrected chi connectivity index (χ3v) is 3.96. The Morgan fingerprint density at radius 1 is 1.39 bits per heavy atom. The maximum atomic E-state index is 5.70. The standard InChI is InChI=1S/C16H22N6O/c1-3-21(7-6-20-8-10-23-11-9-20)13(2)14-4-5-16-18-15(17)12-22(16)19-14/h3-5,12H,1-2,6-11,17H2. The van der Waals surface area contributed by atoms with Crippen molar-refractivity contribution in [1.29, 1.82) is 0 Å². The number of ether oxygens (including phenoxy) is 1. The van der Waals surface area contributed by atoms with Crippen molar-refractivity contribution < 1.29 is 4.74 Å². The molecule has 23 heavy (non-hydrogen) atoms. The second-order valence-corrected chi connectivity index (χ2v) is 5.46. The fraction of sp³-hybridized carbons (Fsp3) is 0.375. The summed E-state index contributed by atoms with van der Waals surface area (Å²) in [6.45, 7) is 13.3. The summed E-state index contributed by atoms with van der Waals surface area (Å²) in [5.41, 5.74) is 8.00. The Morgan fingerprint density at radius 2 is 2.17 bits per heavy atom. The van der Waals surface area contributed by atoms with Gasteiger partial charge in [0.1, 0.15) is 11.5 Å². The lowest BCUT2D eigenvalue weighted by Gasteiger charge is -2.30. The number of aromatic nitrogens is 3. The molecule has 0 bridgehead atoms. The first-order valence-electron chi connectivity index (χ1n) is 7.68. The number of nitrogens with zero attached hydrogens (tertiary/aromatic N) is 5. The van der Waals surface area contributed by atoms with E-state index in [1.807, 2.05) is 17.0 Å². The molecule has 3 rings (SSSR count). The monoisotopic (exact) mass is 314 g/mol. The molecular weight excluding hydrogens is 292 g/mol. The minimum Gasteiger partial charge on any atom is -0.382 e. The molecule has 122 valence electrons. The number of anilines is 1. The van der Waals surface area contributed by atoms with Crippen LogP contribution in [0.15, 0.2) is 37.7 Å². The minimum atomic E-state index is 0.452. The maximum Gasteiger partial charge on any atom is 0.156 e. The van der Waals surface area contributed by atoms with E-state index >= 15 is 0 Å². The molecule has 0 aromatic carbocycles. The van der Waals surface area contributed by atoms with Crippen LogP contribution < -0.4 is 5.73 Å². The third-order valence-electron chi connectivity index (χ3n) is 3.96. The zero-order valence-electron chi connectivity index (χ0n) is 13.2. The first kappa shape index (κ1) is 15.5. The van der Waals surface area contributed by atoms with Crippen molar-refractivity contribution in [2.45, 2.75) is 0 Å². The minimum absolute atomic E-state index is 0.452. The molecule has 2 aromatic rings. The van der Waals surface area contributed by atoms with E-state index in [0.29, 0.717) is 5.82 Å². The number of nitrogen functional groups attached to an aromatic ring is 1. The molecule has 1 aliphatic rings. The highest BCUT2D eigenvalue weighted by atomic mass is 16.5. The molecule has 3 heterocycles. The van der Waals surface area contributed by atoms with Crippen molar-refractivity contribution in [2.24, 2.45) is 0 Å². The lowest BCUT2D eigenvalue weighted by Crippen LogP contribution is -2.40. The zero-order chi connectivity index (χ0) is 16.2. The Labute approximate surface area is 135 Å². The topological polar surface area (TPSA) is 71.9 Å². The molecule has 1 fully saturated rings. The summed E-state index contributed by atoms with van der Waals surface area (Å²) in [6.07, 6.45) is 3.48. The lowest BCUT2D eigenvalue weighted by atomic mass is 10.2. The van der Waals surface area contributed by atoms with E-state index in [1.165, 1.54) is 0 Å². The van der Waals surface area contributed by atoms with Crippen molar-refractivity contribution in [2.75, 3.05) is 45.1 Å². The van der Waals surface area contributed by atoms with E-state index in [0.717, 1.165) is 56.4 Å². The fourth-order valence-electron chi connectivity index (χ4n) is 2.61. The molecule has 2 aromatic heterocycles. The number of nitrogens with two attached hydrogens (primary N) is 1. The number of fused-ring (bicyclic) bond motifs is 1. The Bertz CT molecular complexity index is 704. The summed E-state index contributed by atoms with van der Waals surface area (Å²) in [6, 6.07) is 3.78. The number of morpholine rings is 1. The summed E-state index contributed by atoms with van der Waals surface area (Å²) in [5.74, 6) is 0.452. The fourth-order valence-corrected chi connectivity index (χ4v) is 2.61. The third kappa shape index (κ3) is 3.52. The van der Waals surface area contributed by atoms with E-state index in [-0.39, 0.29) is 0 Å². The van der Waals surface area contributed by atoms with Crippen LogP contribution in [0.5, 0.6) is 0 Å². The van der Waals surface area contributed by atoms with Gasteiger partial charge in [-0.25, -0.2) is 9.50 Å². The SMILES string of the molecule is C=CN(CCN1CCOCC1)C(=C)c1ccc2nc(N)cn2n1. The van der Waals surface area contributed by atoms with E-state index in [1.54, 1.807) is 16.9 Å². The molecule has 0 atom stereocenters. The van der Waals surface area contributed by atoms with Crippen LogP contribution in [-0.4, -0.2) is 63.8 Å². The van der Waals surface area contributed by atoms with Gasteiger partial charge in [-0.15, -0.1) is 0 Å². The summed E-state index contributed by atoms with van der Waals surface area (Å²) in [4.78, 5) is 8.57. The van der Waals surface area contributed by atoms with Gasteiger partial charge in [0, 0.05) is 26.2 Å². The van der Waals surface area contributed by atoms with Crippen LogP contribution in [0.2, 0.25) is 0 Å². The van der Waals surface area contributed by atoms with Gasteiger partial charge in [-0.05, 0) is 18.3 Å². The Balaban J connectivity index is 1.68. The second-order valence-electron chi connectivity index (χ2n) is 5.46. The summed E-state index contributed by atoms with van der Waals surface area (Å²) >= 11 is 0. The Hall–Kier alpha value is -2.38. The van der Waals surface area contributed by atoms with Crippen molar-refractivity contribution in [3.05, 3.63) is 43.4 Å². The van der Waals surface area contributed by atoms with Gasteiger partial charge in [-0.2, -0.15) is 5.10 Å². The molecule has 1 saturated heterocycles. The van der Waals surface area contributed by atoms with E-state index in [4.69, 9.17) is 10.5 Å². The predicted molar refractivity (Wildman–Crippen MR) is 90.6 cm³/mol. The van der Waals surface area contributed by atoms with Crippen molar-refractivity contribution >= 4 is 17.2 Å². The van der Waals surface area contributed by atoms with Crippen LogP contribution in [0.3, 0.4) is 0 Å². The molecule has 0 amide bonds. The number of imidazole rings is 1. The largest absolute Gasteiger partial charge is 0.382 e. The molecule has 0 spiro atoms. The van der Waals surface area contributed by atoms with Gasteiger partial charge in [0.2, 0.25) is 0 Å². The summed E-state index contributed by atoms with van der Waals surface area (Å²) in [7, 11) is 0. The lowest BCUT2D eigenvalue weighted by molar-refractivity contribution is 0.0367. The second kappa shape index (κ2) is 6.80. The average molecular weight is 314 g/mol. The molecule has 0 saturated carbocycles. The van der Waals surface area contributed by atoms with Gasteiger partial charge < -0.3 is 15.4 Å². The van der Waals surface area contributed by atoms with Crippen molar-refractivity contribution in [3.8, 4) is 0 Å². The molecule has 7 nitrogen and oxygen atoms in total. The quantitative estimate of drug-likeness (QED) is 0.859. The average Bonchev–Trinajstić information content (AvgIpc) is 2.95. The highest BCUT2D eigenvalue weighted by Gasteiger charge is 2.14. The van der Waals surface area contributed by atoms with Gasteiger partial charge in [-0.1, -0.05) is 13.2 Å². The normalized spacial score (nSPS) is 15.7. The predicted octanol–water partition coefficient (Wildman–Crippen LogP) is 1.06. The summed E-state index contributed by atoms with van der Waals surface area (Å²) in [5, 5.41) is 4.51. The number of rotatable bonds is 6. The zero-order valence-corrected chi connectivity index (χ0v) is 13.2. The van der Waals surface area contributed by atoms with Crippen molar-refractivity contribution in [1.82, 2.24) is 24.4 Å². The van der Waals surface area contributed by atoms with E-state index in [9.17, 15) is 0 Å². The van der Waals surface area contributed by atoms with E-state index in [2.05, 4.69) is 28.1 Å². The highest BCUT2D eigenvalue weighted by Crippen LogP contribution is 2.16. The molecule has 0 unspecified atom stereocenters. The highest BCUT2D eigenvalue weighted by molar-refractivity contribution is 5.60. The maximum absolute atomic E-state index is 5.70. The Morgan fingerprint density at radius 3 is 2.91 bits per heavy atom. The van der Waals surface area contributed by atoms with Crippen LogP contribution >= 0.6 is 0 Å². The first-order chi connectivity index (χ1) is 11.2. The molecule has 7 heteroatoms.